The molecule has 1 saturated heterocycles. The van der Waals surface area contributed by atoms with Gasteiger partial charge in [-0.2, -0.15) is 0 Å². The van der Waals surface area contributed by atoms with E-state index in [1.54, 1.807) is 61.6 Å². The van der Waals surface area contributed by atoms with Crippen molar-refractivity contribution in [1.29, 1.82) is 0 Å². The molecule has 1 atom stereocenters. The molecule has 0 saturated carbocycles. The maximum absolute atomic E-state index is 13.0. The Hall–Kier alpha value is -3.52. The standard InChI is InChI=1S/C25H26N2O5S/c1-30-19-8-10-20(11-9-19)32-22-15-18(7-12-21(22)31-2)26-24(28)17-5-3-13-27(16-17)25(29)23-6-4-14-33-23/h4,6-12,14-15,17H,3,5,13,16H2,1-2H3,(H,26,28). The summed E-state index contributed by atoms with van der Waals surface area (Å²) >= 11 is 1.42. The summed E-state index contributed by atoms with van der Waals surface area (Å²) in [4.78, 5) is 28.1. The Balaban J connectivity index is 1.43. The molecule has 8 heteroatoms. The van der Waals surface area contributed by atoms with Crippen LogP contribution < -0.4 is 19.5 Å². The van der Waals surface area contributed by atoms with E-state index in [9.17, 15) is 9.59 Å². The molecule has 2 aromatic carbocycles. The second-order valence-corrected chi connectivity index (χ2v) is 8.65. The maximum atomic E-state index is 13.0. The average molecular weight is 467 g/mol. The molecule has 1 aliphatic heterocycles. The summed E-state index contributed by atoms with van der Waals surface area (Å²) in [5, 5.41) is 4.86. The SMILES string of the molecule is COc1ccc(Oc2cc(NC(=O)C3CCCN(C(=O)c4cccs4)C3)ccc2OC)cc1. The smallest absolute Gasteiger partial charge is 0.263 e. The average Bonchev–Trinajstić information content (AvgIpc) is 3.39. The summed E-state index contributed by atoms with van der Waals surface area (Å²) in [6, 6.07) is 16.1. The molecule has 1 unspecified atom stereocenters. The van der Waals surface area contributed by atoms with Gasteiger partial charge in [0.05, 0.1) is 25.0 Å². The van der Waals surface area contributed by atoms with Gasteiger partial charge in [0.25, 0.3) is 5.91 Å². The minimum absolute atomic E-state index is 0.0119. The first kappa shape index (κ1) is 22.7. The van der Waals surface area contributed by atoms with Crippen LogP contribution in [0.5, 0.6) is 23.0 Å². The van der Waals surface area contributed by atoms with Gasteiger partial charge in [-0.05, 0) is 60.7 Å². The molecule has 0 aliphatic carbocycles. The zero-order valence-corrected chi connectivity index (χ0v) is 19.4. The van der Waals surface area contributed by atoms with Crippen molar-refractivity contribution in [3.05, 3.63) is 64.9 Å². The summed E-state index contributed by atoms with van der Waals surface area (Å²) in [5.74, 6) is 1.99. The summed E-state index contributed by atoms with van der Waals surface area (Å²) < 4.78 is 16.6. The van der Waals surface area contributed by atoms with Crippen molar-refractivity contribution in [2.75, 3.05) is 32.6 Å². The summed E-state index contributed by atoms with van der Waals surface area (Å²) in [5.41, 5.74) is 0.603. The third kappa shape index (κ3) is 5.46. The number of benzene rings is 2. The molecule has 2 amide bonds. The molecular weight excluding hydrogens is 440 g/mol. The van der Waals surface area contributed by atoms with Crippen molar-refractivity contribution >= 4 is 28.8 Å². The number of rotatable bonds is 7. The number of likely N-dealkylation sites (tertiary alicyclic amines) is 1. The number of hydrogen-bond acceptors (Lipinski definition) is 6. The highest BCUT2D eigenvalue weighted by atomic mass is 32.1. The number of methoxy groups -OCH3 is 2. The first-order chi connectivity index (χ1) is 16.1. The minimum atomic E-state index is -0.268. The van der Waals surface area contributed by atoms with Crippen LogP contribution in [0.15, 0.2) is 60.0 Å². The van der Waals surface area contributed by atoms with Gasteiger partial charge in [0.1, 0.15) is 11.5 Å². The van der Waals surface area contributed by atoms with E-state index in [1.165, 1.54) is 11.3 Å². The zero-order chi connectivity index (χ0) is 23.2. The van der Waals surface area contributed by atoms with E-state index in [1.807, 2.05) is 17.5 Å². The van der Waals surface area contributed by atoms with Gasteiger partial charge in [0, 0.05) is 24.8 Å². The number of thiophene rings is 1. The maximum Gasteiger partial charge on any atom is 0.263 e. The van der Waals surface area contributed by atoms with Crippen molar-refractivity contribution in [1.82, 2.24) is 4.90 Å². The molecule has 0 radical (unpaired) electrons. The molecule has 2 heterocycles. The zero-order valence-electron chi connectivity index (χ0n) is 18.6. The monoisotopic (exact) mass is 466 g/mol. The summed E-state index contributed by atoms with van der Waals surface area (Å²) in [6.45, 7) is 1.08. The molecule has 0 spiro atoms. The number of amides is 2. The van der Waals surface area contributed by atoms with Gasteiger partial charge in [-0.1, -0.05) is 6.07 Å². The third-order valence-corrected chi connectivity index (χ3v) is 6.39. The number of carbonyl (C=O) groups is 2. The van der Waals surface area contributed by atoms with Crippen LogP contribution in [0.25, 0.3) is 0 Å². The van der Waals surface area contributed by atoms with E-state index in [2.05, 4.69) is 5.32 Å². The van der Waals surface area contributed by atoms with Gasteiger partial charge >= 0.3 is 0 Å². The highest BCUT2D eigenvalue weighted by Crippen LogP contribution is 2.35. The lowest BCUT2D eigenvalue weighted by molar-refractivity contribution is -0.121. The van der Waals surface area contributed by atoms with Crippen molar-refractivity contribution < 1.29 is 23.8 Å². The molecule has 4 rings (SSSR count). The van der Waals surface area contributed by atoms with Crippen molar-refractivity contribution in [2.24, 2.45) is 5.92 Å². The fourth-order valence-electron chi connectivity index (χ4n) is 3.78. The van der Waals surface area contributed by atoms with Crippen LogP contribution in [0.3, 0.4) is 0 Å². The molecule has 172 valence electrons. The van der Waals surface area contributed by atoms with E-state index in [0.717, 1.165) is 18.6 Å². The second kappa shape index (κ2) is 10.4. The van der Waals surface area contributed by atoms with Gasteiger partial charge < -0.3 is 24.4 Å². The Morgan fingerprint density at radius 1 is 1.00 bits per heavy atom. The van der Waals surface area contributed by atoms with Crippen molar-refractivity contribution in [3.8, 4) is 23.0 Å². The molecule has 1 aliphatic rings. The van der Waals surface area contributed by atoms with Crippen LogP contribution in [-0.4, -0.2) is 44.0 Å². The number of piperidine rings is 1. The fourth-order valence-corrected chi connectivity index (χ4v) is 4.47. The van der Waals surface area contributed by atoms with Crippen LogP contribution in [0.1, 0.15) is 22.5 Å². The number of hydrogen-bond donors (Lipinski definition) is 1. The van der Waals surface area contributed by atoms with E-state index < -0.39 is 0 Å². The predicted molar refractivity (Wildman–Crippen MR) is 128 cm³/mol. The molecule has 1 N–H and O–H groups in total. The van der Waals surface area contributed by atoms with Crippen LogP contribution in [-0.2, 0) is 4.79 Å². The number of nitrogens with zero attached hydrogens (tertiary/aromatic N) is 1. The molecule has 7 nitrogen and oxygen atoms in total. The lowest BCUT2D eigenvalue weighted by Crippen LogP contribution is -2.43. The van der Waals surface area contributed by atoms with Gasteiger partial charge in [-0.15, -0.1) is 11.3 Å². The number of anilines is 1. The lowest BCUT2D eigenvalue weighted by atomic mass is 9.97. The molecule has 33 heavy (non-hydrogen) atoms. The van der Waals surface area contributed by atoms with E-state index >= 15 is 0 Å². The van der Waals surface area contributed by atoms with Gasteiger partial charge in [0.2, 0.25) is 5.91 Å². The predicted octanol–water partition coefficient (Wildman–Crippen LogP) is 5.05. The highest BCUT2D eigenvalue weighted by molar-refractivity contribution is 7.12. The first-order valence-electron chi connectivity index (χ1n) is 10.7. The lowest BCUT2D eigenvalue weighted by Gasteiger charge is -2.31. The van der Waals surface area contributed by atoms with E-state index in [4.69, 9.17) is 14.2 Å². The van der Waals surface area contributed by atoms with Gasteiger partial charge in [-0.3, -0.25) is 9.59 Å². The Bertz CT molecular complexity index is 1100. The Morgan fingerprint density at radius 3 is 2.48 bits per heavy atom. The second-order valence-electron chi connectivity index (χ2n) is 7.70. The van der Waals surface area contributed by atoms with Crippen LogP contribution >= 0.6 is 11.3 Å². The normalized spacial score (nSPS) is 15.6. The fraction of sp³-hybridized carbons (Fsp3) is 0.280. The number of nitrogens with one attached hydrogen (secondary N) is 1. The topological polar surface area (TPSA) is 77.1 Å². The number of carbonyl (C=O) groups excluding carboxylic acids is 2. The third-order valence-electron chi connectivity index (χ3n) is 5.53. The Kier molecular flexibility index (Phi) is 7.14. The minimum Gasteiger partial charge on any atom is -0.497 e. The highest BCUT2D eigenvalue weighted by Gasteiger charge is 2.29. The molecular formula is C25H26N2O5S. The Labute approximate surface area is 196 Å². The molecule has 1 aromatic heterocycles. The van der Waals surface area contributed by atoms with Crippen LogP contribution in [0.2, 0.25) is 0 Å². The Morgan fingerprint density at radius 2 is 1.79 bits per heavy atom. The quantitative estimate of drug-likeness (QED) is 0.527. The summed E-state index contributed by atoms with van der Waals surface area (Å²) in [6.07, 6.45) is 1.54. The van der Waals surface area contributed by atoms with Crippen LogP contribution in [0.4, 0.5) is 5.69 Å². The van der Waals surface area contributed by atoms with Crippen LogP contribution in [0, 0.1) is 5.92 Å². The van der Waals surface area contributed by atoms with Crippen molar-refractivity contribution in [3.63, 3.8) is 0 Å². The van der Waals surface area contributed by atoms with Crippen molar-refractivity contribution in [2.45, 2.75) is 12.8 Å². The first-order valence-corrected chi connectivity index (χ1v) is 11.6. The van der Waals surface area contributed by atoms with E-state index in [-0.39, 0.29) is 17.7 Å². The van der Waals surface area contributed by atoms with E-state index in [0.29, 0.717) is 40.9 Å². The van der Waals surface area contributed by atoms with Gasteiger partial charge in [-0.25, -0.2) is 0 Å². The molecule has 1 fully saturated rings. The number of ether oxygens (including phenoxy) is 3. The van der Waals surface area contributed by atoms with Gasteiger partial charge in [0.15, 0.2) is 11.5 Å². The molecule has 0 bridgehead atoms. The molecule has 3 aromatic rings. The summed E-state index contributed by atoms with van der Waals surface area (Å²) in [7, 11) is 3.17. The largest absolute Gasteiger partial charge is 0.497 e.